The van der Waals surface area contributed by atoms with Crippen LogP contribution in [0, 0.1) is 5.92 Å². The molecule has 0 aromatic rings. The summed E-state index contributed by atoms with van der Waals surface area (Å²) in [6.07, 6.45) is 1.02. The van der Waals surface area contributed by atoms with Gasteiger partial charge in [0.2, 0.25) is 5.91 Å². The maximum atomic E-state index is 11.5. The molecule has 0 rings (SSSR count). The van der Waals surface area contributed by atoms with Gasteiger partial charge in [-0.15, -0.1) is 0 Å². The van der Waals surface area contributed by atoms with Crippen molar-refractivity contribution in [2.75, 3.05) is 6.61 Å². The number of ether oxygens (including phenoxy) is 1. The van der Waals surface area contributed by atoms with Crippen LogP contribution in [0.5, 0.6) is 0 Å². The van der Waals surface area contributed by atoms with E-state index in [0.29, 0.717) is 18.8 Å². The van der Waals surface area contributed by atoms with Gasteiger partial charge in [0.1, 0.15) is 6.04 Å². The quantitative estimate of drug-likeness (QED) is 0.618. The summed E-state index contributed by atoms with van der Waals surface area (Å²) in [6, 6.07) is -1.04. The fraction of sp³-hybridized carbons (Fsp3) is 0.769. The highest BCUT2D eigenvalue weighted by Gasteiger charge is 2.21. The molecule has 0 bridgehead atoms. The van der Waals surface area contributed by atoms with Crippen LogP contribution >= 0.6 is 0 Å². The Morgan fingerprint density at radius 3 is 2.26 bits per heavy atom. The van der Waals surface area contributed by atoms with Gasteiger partial charge >= 0.3 is 11.9 Å². The first-order chi connectivity index (χ1) is 8.86. The molecule has 0 radical (unpaired) electrons. The van der Waals surface area contributed by atoms with Crippen LogP contribution in [0.2, 0.25) is 0 Å². The minimum absolute atomic E-state index is 0.0186. The van der Waals surface area contributed by atoms with Gasteiger partial charge in [-0.3, -0.25) is 9.59 Å². The van der Waals surface area contributed by atoms with Crippen molar-refractivity contribution in [3.05, 3.63) is 0 Å². The van der Waals surface area contributed by atoms with Gasteiger partial charge < -0.3 is 15.2 Å². The average molecular weight is 273 g/mol. The molecule has 0 aliphatic carbocycles. The van der Waals surface area contributed by atoms with Gasteiger partial charge in [-0.25, -0.2) is 4.79 Å². The van der Waals surface area contributed by atoms with Crippen molar-refractivity contribution in [1.29, 1.82) is 0 Å². The predicted molar refractivity (Wildman–Crippen MR) is 69.5 cm³/mol. The van der Waals surface area contributed by atoms with Crippen molar-refractivity contribution in [3.63, 3.8) is 0 Å². The lowest BCUT2D eigenvalue weighted by atomic mass is 10.1. The highest BCUT2D eigenvalue weighted by Crippen LogP contribution is 2.05. The molecular formula is C13H23NO5. The van der Waals surface area contributed by atoms with Gasteiger partial charge in [0.05, 0.1) is 6.61 Å². The molecule has 110 valence electrons. The molecule has 0 heterocycles. The summed E-state index contributed by atoms with van der Waals surface area (Å²) in [5.41, 5.74) is 0. The fourth-order valence-corrected chi connectivity index (χ4v) is 1.44. The van der Waals surface area contributed by atoms with E-state index >= 15 is 0 Å². The molecule has 6 heteroatoms. The number of amides is 1. The van der Waals surface area contributed by atoms with Crippen molar-refractivity contribution in [1.82, 2.24) is 5.32 Å². The van der Waals surface area contributed by atoms with E-state index in [4.69, 9.17) is 9.84 Å². The number of aliphatic carboxylic acids is 1. The minimum Gasteiger partial charge on any atom is -0.480 e. The number of carboxylic acids is 1. The SMILES string of the molecule is CCOC(=O)CC[C@H](NC(=O)CCC(C)C)C(=O)O. The van der Waals surface area contributed by atoms with E-state index in [2.05, 4.69) is 5.32 Å². The molecule has 0 aromatic heterocycles. The second-order valence-corrected chi connectivity index (χ2v) is 4.73. The molecular weight excluding hydrogens is 250 g/mol. The van der Waals surface area contributed by atoms with Crippen LogP contribution in [0.4, 0.5) is 0 Å². The molecule has 2 N–H and O–H groups in total. The molecule has 0 aliphatic rings. The minimum atomic E-state index is -1.14. The lowest BCUT2D eigenvalue weighted by Crippen LogP contribution is -2.41. The van der Waals surface area contributed by atoms with Gasteiger partial charge in [-0.1, -0.05) is 13.8 Å². The van der Waals surface area contributed by atoms with Crippen LogP contribution in [0.25, 0.3) is 0 Å². The Morgan fingerprint density at radius 1 is 1.16 bits per heavy atom. The van der Waals surface area contributed by atoms with Crippen molar-refractivity contribution in [2.45, 2.75) is 52.5 Å². The standard InChI is InChI=1S/C13H23NO5/c1-4-19-12(16)8-6-10(13(17)18)14-11(15)7-5-9(2)3/h9-10H,4-8H2,1-3H3,(H,14,15)(H,17,18)/t10-/m0/s1. The molecule has 1 amide bonds. The van der Waals surface area contributed by atoms with Crippen LogP contribution in [0.1, 0.15) is 46.5 Å². The van der Waals surface area contributed by atoms with Gasteiger partial charge in [0.15, 0.2) is 0 Å². The Kier molecular flexibility index (Phi) is 8.57. The Morgan fingerprint density at radius 2 is 1.79 bits per heavy atom. The number of carbonyl (C=O) groups excluding carboxylic acids is 2. The zero-order chi connectivity index (χ0) is 14.8. The topological polar surface area (TPSA) is 92.7 Å². The molecule has 0 aliphatic heterocycles. The second-order valence-electron chi connectivity index (χ2n) is 4.73. The summed E-state index contributed by atoms with van der Waals surface area (Å²) < 4.78 is 4.71. The summed E-state index contributed by atoms with van der Waals surface area (Å²) in [6.45, 7) is 5.92. The molecule has 0 aromatic carbocycles. The smallest absolute Gasteiger partial charge is 0.326 e. The van der Waals surface area contributed by atoms with Crippen LogP contribution in [0.3, 0.4) is 0 Å². The van der Waals surface area contributed by atoms with E-state index in [0.717, 1.165) is 0 Å². The number of nitrogens with one attached hydrogen (secondary N) is 1. The van der Waals surface area contributed by atoms with Gasteiger partial charge in [0.25, 0.3) is 0 Å². The number of hydrogen-bond acceptors (Lipinski definition) is 4. The normalized spacial score (nSPS) is 12.0. The third kappa shape index (κ3) is 9.04. The number of rotatable bonds is 9. The molecule has 6 nitrogen and oxygen atoms in total. The number of hydrogen-bond donors (Lipinski definition) is 2. The summed E-state index contributed by atoms with van der Waals surface area (Å²) in [5.74, 6) is -1.51. The highest BCUT2D eigenvalue weighted by molar-refractivity contribution is 5.84. The molecule has 19 heavy (non-hydrogen) atoms. The van der Waals surface area contributed by atoms with Gasteiger partial charge in [-0.05, 0) is 25.7 Å². The molecule has 0 saturated heterocycles. The van der Waals surface area contributed by atoms with Crippen molar-refractivity contribution in [2.24, 2.45) is 5.92 Å². The molecule has 1 atom stereocenters. The third-order valence-corrected chi connectivity index (χ3v) is 2.52. The lowest BCUT2D eigenvalue weighted by Gasteiger charge is -2.14. The summed E-state index contributed by atoms with van der Waals surface area (Å²) in [4.78, 5) is 33.7. The zero-order valence-corrected chi connectivity index (χ0v) is 11.8. The van der Waals surface area contributed by atoms with Gasteiger partial charge in [-0.2, -0.15) is 0 Å². The first kappa shape index (κ1) is 17.4. The number of esters is 1. The fourth-order valence-electron chi connectivity index (χ4n) is 1.44. The van der Waals surface area contributed by atoms with Gasteiger partial charge in [0, 0.05) is 12.8 Å². The van der Waals surface area contributed by atoms with Crippen molar-refractivity contribution < 1.29 is 24.2 Å². The van der Waals surface area contributed by atoms with Crippen LogP contribution < -0.4 is 5.32 Å². The summed E-state index contributed by atoms with van der Waals surface area (Å²) in [5, 5.41) is 11.4. The maximum absolute atomic E-state index is 11.5. The Balaban J connectivity index is 4.15. The molecule has 0 spiro atoms. The molecule has 0 unspecified atom stereocenters. The van der Waals surface area contributed by atoms with Crippen molar-refractivity contribution in [3.8, 4) is 0 Å². The summed E-state index contributed by atoms with van der Waals surface area (Å²) in [7, 11) is 0. The first-order valence-corrected chi connectivity index (χ1v) is 6.54. The monoisotopic (exact) mass is 273 g/mol. The van der Waals surface area contributed by atoms with Crippen molar-refractivity contribution >= 4 is 17.8 Å². The van der Waals surface area contributed by atoms with E-state index < -0.39 is 18.0 Å². The highest BCUT2D eigenvalue weighted by atomic mass is 16.5. The van der Waals surface area contributed by atoms with E-state index in [1.807, 2.05) is 13.8 Å². The third-order valence-electron chi connectivity index (χ3n) is 2.52. The second kappa shape index (κ2) is 9.35. The Bertz CT molecular complexity index is 314. The van der Waals surface area contributed by atoms with E-state index in [-0.39, 0.29) is 25.4 Å². The zero-order valence-electron chi connectivity index (χ0n) is 11.8. The van der Waals surface area contributed by atoms with Crippen LogP contribution in [0.15, 0.2) is 0 Å². The molecule has 0 saturated carbocycles. The average Bonchev–Trinajstić information content (AvgIpc) is 2.31. The van der Waals surface area contributed by atoms with E-state index in [1.165, 1.54) is 0 Å². The Labute approximate surface area is 113 Å². The summed E-state index contributed by atoms with van der Waals surface area (Å²) >= 11 is 0. The van der Waals surface area contributed by atoms with E-state index in [9.17, 15) is 14.4 Å². The number of carboxylic acid groups (broad SMARTS) is 1. The van der Waals surface area contributed by atoms with Crippen LogP contribution in [-0.2, 0) is 19.1 Å². The first-order valence-electron chi connectivity index (χ1n) is 6.54. The lowest BCUT2D eigenvalue weighted by molar-refractivity contribution is -0.145. The van der Waals surface area contributed by atoms with Crippen LogP contribution in [-0.4, -0.2) is 35.6 Å². The predicted octanol–water partition coefficient (Wildman–Crippen LogP) is 1.34. The Hall–Kier alpha value is -1.59. The maximum Gasteiger partial charge on any atom is 0.326 e. The largest absolute Gasteiger partial charge is 0.480 e. The number of carbonyl (C=O) groups is 3. The van der Waals surface area contributed by atoms with E-state index in [1.54, 1.807) is 6.92 Å². The molecule has 0 fully saturated rings.